The topological polar surface area (TPSA) is 72.1 Å². The third-order valence-corrected chi connectivity index (χ3v) is 4.45. The van der Waals surface area contributed by atoms with E-state index in [2.05, 4.69) is 15.1 Å². The summed E-state index contributed by atoms with van der Waals surface area (Å²) >= 11 is 0. The first kappa shape index (κ1) is 19.3. The third kappa shape index (κ3) is 4.28. The normalized spacial score (nSPS) is 18.6. The molecule has 1 aliphatic heterocycles. The highest BCUT2D eigenvalue weighted by Crippen LogP contribution is 2.32. The lowest BCUT2D eigenvalue weighted by Gasteiger charge is -2.35. The number of pyridine rings is 1. The van der Waals surface area contributed by atoms with Gasteiger partial charge in [-0.3, -0.25) is 9.78 Å². The van der Waals surface area contributed by atoms with Gasteiger partial charge in [-0.1, -0.05) is 25.9 Å². The second-order valence-electron chi connectivity index (χ2n) is 7.72. The first-order valence-electron chi connectivity index (χ1n) is 8.72. The van der Waals surface area contributed by atoms with Crippen LogP contribution in [-0.4, -0.2) is 39.0 Å². The van der Waals surface area contributed by atoms with Crippen LogP contribution in [0.1, 0.15) is 51.1 Å². The molecule has 1 amide bonds. The van der Waals surface area contributed by atoms with Crippen molar-refractivity contribution in [1.82, 2.24) is 20.0 Å². The zero-order valence-corrected chi connectivity index (χ0v) is 15.4. The fraction of sp³-hybridized carbons (Fsp3) is 0.556. The first-order chi connectivity index (χ1) is 12.6. The van der Waals surface area contributed by atoms with Gasteiger partial charge in [-0.15, -0.1) is 0 Å². The van der Waals surface area contributed by atoms with Crippen molar-refractivity contribution >= 4 is 5.91 Å². The lowest BCUT2D eigenvalue weighted by atomic mass is 9.91. The second-order valence-corrected chi connectivity index (χ2v) is 7.72. The molecule has 0 saturated carbocycles. The van der Waals surface area contributed by atoms with Crippen LogP contribution in [0.4, 0.5) is 13.2 Å². The summed E-state index contributed by atoms with van der Waals surface area (Å²) in [4.78, 5) is 21.9. The van der Waals surface area contributed by atoms with Crippen LogP contribution in [0, 0.1) is 5.41 Å². The van der Waals surface area contributed by atoms with E-state index >= 15 is 0 Å². The number of carbonyl (C=O) groups is 1. The average Bonchev–Trinajstić information content (AvgIpc) is 3.10. The number of halogens is 3. The lowest BCUT2D eigenvalue weighted by molar-refractivity contribution is -0.141. The summed E-state index contributed by atoms with van der Waals surface area (Å²) in [6, 6.07) is 2.30. The van der Waals surface area contributed by atoms with Crippen LogP contribution < -0.4 is 0 Å². The number of carbonyl (C=O) groups excluding carboxylic acids is 1. The number of aromatic nitrogens is 3. The molecule has 0 spiro atoms. The minimum Gasteiger partial charge on any atom is -0.341 e. The van der Waals surface area contributed by atoms with Gasteiger partial charge in [0.25, 0.3) is 0 Å². The fourth-order valence-corrected chi connectivity index (χ4v) is 3.08. The number of amides is 1. The van der Waals surface area contributed by atoms with Gasteiger partial charge in [0.05, 0.1) is 5.92 Å². The highest BCUT2D eigenvalue weighted by Gasteiger charge is 2.34. The van der Waals surface area contributed by atoms with Crippen molar-refractivity contribution in [3.05, 3.63) is 29.9 Å². The molecule has 0 N–H and O–H groups in total. The van der Waals surface area contributed by atoms with Crippen molar-refractivity contribution in [2.24, 2.45) is 5.41 Å². The molecule has 1 saturated heterocycles. The molecule has 1 aliphatic rings. The molecule has 9 heteroatoms. The van der Waals surface area contributed by atoms with Crippen LogP contribution in [0.5, 0.6) is 0 Å². The van der Waals surface area contributed by atoms with E-state index in [1.165, 1.54) is 6.07 Å². The van der Waals surface area contributed by atoms with Crippen LogP contribution in [0.25, 0.3) is 11.4 Å². The quantitative estimate of drug-likeness (QED) is 0.788. The zero-order chi connectivity index (χ0) is 19.8. The minimum atomic E-state index is -4.54. The molecule has 0 aliphatic carbocycles. The summed E-state index contributed by atoms with van der Waals surface area (Å²) in [5.41, 5.74) is -1.30. The second kappa shape index (κ2) is 6.94. The maximum Gasteiger partial charge on any atom is 0.433 e. The Bertz CT molecular complexity index is 826. The predicted molar refractivity (Wildman–Crippen MR) is 90.5 cm³/mol. The van der Waals surface area contributed by atoms with Crippen molar-refractivity contribution in [3.63, 3.8) is 0 Å². The van der Waals surface area contributed by atoms with E-state index in [0.717, 1.165) is 25.1 Å². The van der Waals surface area contributed by atoms with Crippen molar-refractivity contribution < 1.29 is 22.5 Å². The van der Waals surface area contributed by atoms with Crippen LogP contribution in [0.15, 0.2) is 22.9 Å². The van der Waals surface area contributed by atoms with Gasteiger partial charge >= 0.3 is 6.18 Å². The van der Waals surface area contributed by atoms with Crippen LogP contribution in [-0.2, 0) is 11.0 Å². The Morgan fingerprint density at radius 2 is 2.04 bits per heavy atom. The summed E-state index contributed by atoms with van der Waals surface area (Å²) in [6.07, 6.45) is -1.89. The molecule has 6 nitrogen and oxygen atoms in total. The van der Waals surface area contributed by atoms with Gasteiger partial charge in [0, 0.05) is 30.3 Å². The number of likely N-dealkylation sites (tertiary alicyclic amines) is 1. The predicted octanol–water partition coefficient (Wildman–Crippen LogP) is 3.90. The number of hydrogen-bond donors (Lipinski definition) is 0. The number of nitrogens with zero attached hydrogens (tertiary/aromatic N) is 4. The minimum absolute atomic E-state index is 0.0518. The van der Waals surface area contributed by atoms with E-state index < -0.39 is 17.3 Å². The molecule has 27 heavy (non-hydrogen) atoms. The molecule has 0 aromatic carbocycles. The van der Waals surface area contributed by atoms with Crippen molar-refractivity contribution in [2.75, 3.05) is 13.1 Å². The van der Waals surface area contributed by atoms with Gasteiger partial charge in [0.1, 0.15) is 5.69 Å². The Morgan fingerprint density at radius 1 is 1.30 bits per heavy atom. The van der Waals surface area contributed by atoms with Gasteiger partial charge in [-0.2, -0.15) is 18.2 Å². The van der Waals surface area contributed by atoms with E-state index in [-0.39, 0.29) is 23.2 Å². The lowest BCUT2D eigenvalue weighted by Crippen LogP contribution is -2.44. The third-order valence-electron chi connectivity index (χ3n) is 4.45. The fourth-order valence-electron chi connectivity index (χ4n) is 3.08. The zero-order valence-electron chi connectivity index (χ0n) is 15.4. The van der Waals surface area contributed by atoms with E-state index in [1.807, 2.05) is 20.8 Å². The van der Waals surface area contributed by atoms with Crippen molar-refractivity contribution in [1.29, 1.82) is 0 Å². The van der Waals surface area contributed by atoms with Gasteiger partial charge in [0.15, 0.2) is 0 Å². The summed E-state index contributed by atoms with van der Waals surface area (Å²) in [5.74, 6) is 0.338. The molecule has 3 heterocycles. The molecule has 2 aromatic rings. The van der Waals surface area contributed by atoms with Crippen molar-refractivity contribution in [2.45, 2.75) is 45.7 Å². The van der Waals surface area contributed by atoms with Gasteiger partial charge < -0.3 is 9.42 Å². The highest BCUT2D eigenvalue weighted by atomic mass is 19.4. The molecule has 0 radical (unpaired) electrons. The molecular weight excluding hydrogens is 361 g/mol. The van der Waals surface area contributed by atoms with E-state index in [0.29, 0.717) is 19.0 Å². The monoisotopic (exact) mass is 382 g/mol. The van der Waals surface area contributed by atoms with E-state index in [9.17, 15) is 18.0 Å². The standard InChI is InChI=1S/C18H21F3N4O2/c1-17(2,3)16(26)25-8-4-5-12(10-25)15-23-14(24-27-15)11-6-7-22-13(9-11)18(19,20)21/h6-7,9,12H,4-5,8,10H2,1-3H3. The Morgan fingerprint density at radius 3 is 2.70 bits per heavy atom. The highest BCUT2D eigenvalue weighted by molar-refractivity contribution is 5.81. The smallest absolute Gasteiger partial charge is 0.341 e. The molecule has 2 aromatic heterocycles. The molecule has 3 rings (SSSR count). The Balaban J connectivity index is 1.79. The number of rotatable bonds is 2. The Hall–Kier alpha value is -2.45. The molecule has 1 fully saturated rings. The average molecular weight is 382 g/mol. The molecule has 146 valence electrons. The molecule has 1 atom stereocenters. The maximum absolute atomic E-state index is 12.8. The van der Waals surface area contributed by atoms with Gasteiger partial charge in [0.2, 0.25) is 17.6 Å². The summed E-state index contributed by atoms with van der Waals surface area (Å²) < 4.78 is 43.8. The Kier molecular flexibility index (Phi) is 4.96. The number of alkyl halides is 3. The number of piperidine rings is 1. The summed E-state index contributed by atoms with van der Waals surface area (Å²) in [5, 5.41) is 3.82. The maximum atomic E-state index is 12.8. The molecule has 0 bridgehead atoms. The van der Waals surface area contributed by atoms with E-state index in [1.54, 1.807) is 4.90 Å². The SMILES string of the molecule is CC(C)(C)C(=O)N1CCCC(c2nc(-c3ccnc(C(F)(F)F)c3)no2)C1. The Labute approximate surface area is 154 Å². The van der Waals surface area contributed by atoms with Crippen LogP contribution >= 0.6 is 0 Å². The largest absolute Gasteiger partial charge is 0.433 e. The van der Waals surface area contributed by atoms with Crippen LogP contribution in [0.3, 0.4) is 0 Å². The number of hydrogen-bond acceptors (Lipinski definition) is 5. The summed E-state index contributed by atoms with van der Waals surface area (Å²) in [6.45, 7) is 6.73. The molecule has 1 unspecified atom stereocenters. The molecular formula is C18H21F3N4O2. The van der Waals surface area contributed by atoms with Crippen molar-refractivity contribution in [3.8, 4) is 11.4 Å². The van der Waals surface area contributed by atoms with Gasteiger partial charge in [-0.25, -0.2) is 0 Å². The van der Waals surface area contributed by atoms with Crippen LogP contribution in [0.2, 0.25) is 0 Å². The summed E-state index contributed by atoms with van der Waals surface area (Å²) in [7, 11) is 0. The first-order valence-corrected chi connectivity index (χ1v) is 8.72. The van der Waals surface area contributed by atoms with Gasteiger partial charge in [-0.05, 0) is 25.0 Å². The van der Waals surface area contributed by atoms with E-state index in [4.69, 9.17) is 4.52 Å².